The minimum absolute atomic E-state index is 0.0164. The van der Waals surface area contributed by atoms with Crippen molar-refractivity contribution in [1.82, 2.24) is 10.6 Å². The topological polar surface area (TPSA) is 137 Å². The third kappa shape index (κ3) is 14.6. The second kappa shape index (κ2) is 11.3. The Morgan fingerprint density at radius 2 is 1.58 bits per heavy atom. The lowest BCUT2D eigenvalue weighted by Crippen LogP contribution is -2.36. The Morgan fingerprint density at radius 3 is 2.17 bits per heavy atom. The van der Waals surface area contributed by atoms with Crippen LogP contribution in [0.3, 0.4) is 0 Å². The highest BCUT2D eigenvalue weighted by molar-refractivity contribution is 5.95. The van der Waals surface area contributed by atoms with Gasteiger partial charge < -0.3 is 20.5 Å². The Labute approximate surface area is 141 Å². The smallest absolute Gasteiger partial charge is 0.407 e. The van der Waals surface area contributed by atoms with E-state index in [0.717, 1.165) is 0 Å². The van der Waals surface area contributed by atoms with Crippen LogP contribution in [0.1, 0.15) is 52.9 Å². The Kier molecular flexibility index (Phi) is 10.2. The number of unbranched alkanes of at least 4 members (excludes halogenated alkanes) is 2. The highest BCUT2D eigenvalue weighted by atomic mass is 16.6. The molecule has 0 saturated carbocycles. The van der Waals surface area contributed by atoms with Crippen molar-refractivity contribution in [1.29, 1.82) is 0 Å². The van der Waals surface area contributed by atoms with Crippen molar-refractivity contribution < 1.29 is 28.7 Å². The molecule has 0 bridgehead atoms. The van der Waals surface area contributed by atoms with Gasteiger partial charge in [0.25, 0.3) is 0 Å². The van der Waals surface area contributed by atoms with Gasteiger partial charge in [0.15, 0.2) is 0 Å². The molecular formula is C15H27N3O6. The number of imide groups is 1. The first-order valence-corrected chi connectivity index (χ1v) is 7.82. The highest BCUT2D eigenvalue weighted by Crippen LogP contribution is 2.06. The van der Waals surface area contributed by atoms with E-state index in [1.165, 1.54) is 0 Å². The van der Waals surface area contributed by atoms with Crippen molar-refractivity contribution in [2.45, 2.75) is 58.5 Å². The number of rotatable bonds is 9. The zero-order chi connectivity index (χ0) is 18.6. The first-order valence-electron chi connectivity index (χ1n) is 7.82. The van der Waals surface area contributed by atoms with Crippen LogP contribution in [0.5, 0.6) is 0 Å². The van der Waals surface area contributed by atoms with Crippen LogP contribution in [0.4, 0.5) is 9.59 Å². The van der Waals surface area contributed by atoms with Crippen molar-refractivity contribution in [2.75, 3.05) is 13.2 Å². The van der Waals surface area contributed by atoms with Crippen LogP contribution in [0, 0.1) is 0 Å². The summed E-state index contributed by atoms with van der Waals surface area (Å²) >= 11 is 0. The molecule has 24 heavy (non-hydrogen) atoms. The van der Waals surface area contributed by atoms with Crippen molar-refractivity contribution in [2.24, 2.45) is 5.73 Å². The Bertz CT molecular complexity index is 445. The molecule has 4 N–H and O–H groups in total. The van der Waals surface area contributed by atoms with Crippen LogP contribution < -0.4 is 16.4 Å². The number of ether oxygens (including phenoxy) is 2. The summed E-state index contributed by atoms with van der Waals surface area (Å²) in [6.45, 7) is 5.50. The van der Waals surface area contributed by atoms with Gasteiger partial charge in [-0.2, -0.15) is 0 Å². The molecule has 0 atom stereocenters. The molecule has 9 nitrogen and oxygen atoms in total. The molecule has 0 unspecified atom stereocenters. The van der Waals surface area contributed by atoms with Gasteiger partial charge in [-0.1, -0.05) is 0 Å². The SMILES string of the molecule is CC(C)(C)OC(=O)NCCC(=O)NC(=O)CCCCCOC(N)=O. The first kappa shape index (κ1) is 21.7. The number of primary amides is 1. The fraction of sp³-hybridized carbons (Fsp3) is 0.733. The van der Waals surface area contributed by atoms with Gasteiger partial charge in [0.1, 0.15) is 5.60 Å². The zero-order valence-corrected chi connectivity index (χ0v) is 14.5. The molecule has 0 aromatic carbocycles. The van der Waals surface area contributed by atoms with Gasteiger partial charge in [0, 0.05) is 19.4 Å². The monoisotopic (exact) mass is 345 g/mol. The number of carbonyl (C=O) groups is 4. The lowest BCUT2D eigenvalue weighted by molar-refractivity contribution is -0.130. The Balaban J connectivity index is 3.67. The molecule has 0 fully saturated rings. The molecule has 0 rings (SSSR count). The van der Waals surface area contributed by atoms with E-state index in [0.29, 0.717) is 19.3 Å². The Hall–Kier alpha value is -2.32. The van der Waals surface area contributed by atoms with Crippen molar-refractivity contribution >= 4 is 24.0 Å². The summed E-state index contributed by atoms with van der Waals surface area (Å²) < 4.78 is 9.56. The van der Waals surface area contributed by atoms with E-state index in [1.54, 1.807) is 20.8 Å². The van der Waals surface area contributed by atoms with E-state index in [9.17, 15) is 19.2 Å². The summed E-state index contributed by atoms with van der Waals surface area (Å²) in [6, 6.07) is 0. The van der Waals surface area contributed by atoms with E-state index >= 15 is 0 Å². The highest BCUT2D eigenvalue weighted by Gasteiger charge is 2.16. The van der Waals surface area contributed by atoms with Crippen LogP contribution in [0.15, 0.2) is 0 Å². The molecule has 0 aromatic heterocycles. The lowest BCUT2D eigenvalue weighted by Gasteiger charge is -2.19. The van der Waals surface area contributed by atoms with E-state index in [4.69, 9.17) is 10.5 Å². The third-order valence-electron chi connectivity index (χ3n) is 2.59. The first-order chi connectivity index (χ1) is 11.1. The van der Waals surface area contributed by atoms with Gasteiger partial charge in [-0.05, 0) is 40.0 Å². The van der Waals surface area contributed by atoms with Crippen LogP contribution >= 0.6 is 0 Å². The normalized spacial score (nSPS) is 10.6. The molecule has 0 heterocycles. The van der Waals surface area contributed by atoms with E-state index in [2.05, 4.69) is 15.4 Å². The molecule has 0 aromatic rings. The number of amides is 4. The second-order valence-corrected chi connectivity index (χ2v) is 6.13. The van der Waals surface area contributed by atoms with Gasteiger partial charge in [-0.15, -0.1) is 0 Å². The molecule has 9 heteroatoms. The molecular weight excluding hydrogens is 318 g/mol. The van der Waals surface area contributed by atoms with E-state index in [1.807, 2.05) is 0 Å². The molecule has 0 aliphatic heterocycles. The molecule has 4 amide bonds. The third-order valence-corrected chi connectivity index (χ3v) is 2.59. The summed E-state index contributed by atoms with van der Waals surface area (Å²) in [6.07, 6.45) is 0.591. The summed E-state index contributed by atoms with van der Waals surface area (Å²) in [5, 5.41) is 4.67. The van der Waals surface area contributed by atoms with Crippen LogP contribution in [0.25, 0.3) is 0 Å². The van der Waals surface area contributed by atoms with Crippen molar-refractivity contribution in [3.63, 3.8) is 0 Å². The molecule has 0 aliphatic rings. The minimum atomic E-state index is -0.821. The Morgan fingerprint density at radius 1 is 0.958 bits per heavy atom. The maximum Gasteiger partial charge on any atom is 0.407 e. The molecule has 0 saturated heterocycles. The number of nitrogens with two attached hydrogens (primary N) is 1. The second-order valence-electron chi connectivity index (χ2n) is 6.13. The molecule has 0 radical (unpaired) electrons. The fourth-order valence-electron chi connectivity index (χ4n) is 1.61. The van der Waals surface area contributed by atoms with Crippen LogP contribution in [0.2, 0.25) is 0 Å². The average molecular weight is 345 g/mol. The van der Waals surface area contributed by atoms with Crippen LogP contribution in [-0.2, 0) is 19.1 Å². The fourth-order valence-corrected chi connectivity index (χ4v) is 1.61. The lowest BCUT2D eigenvalue weighted by atomic mass is 10.2. The summed E-state index contributed by atoms with van der Waals surface area (Å²) in [5.74, 6) is -0.846. The van der Waals surface area contributed by atoms with Gasteiger partial charge in [-0.3, -0.25) is 14.9 Å². The number of hydrogen-bond acceptors (Lipinski definition) is 6. The summed E-state index contributed by atoms with van der Waals surface area (Å²) in [5.41, 5.74) is 4.20. The molecule has 0 spiro atoms. The standard InChI is InChI=1S/C15H27N3O6/c1-15(2,3)24-14(22)17-9-8-12(20)18-11(19)7-5-4-6-10-23-13(16)21/h4-10H2,1-3H3,(H2,16,21)(H,17,22)(H,18,19,20). The van der Waals surface area contributed by atoms with Crippen molar-refractivity contribution in [3.8, 4) is 0 Å². The summed E-state index contributed by atoms with van der Waals surface area (Å²) in [4.78, 5) is 44.7. The van der Waals surface area contributed by atoms with Gasteiger partial charge in [-0.25, -0.2) is 9.59 Å². The predicted molar refractivity (Wildman–Crippen MR) is 86.0 cm³/mol. The average Bonchev–Trinajstić information content (AvgIpc) is 2.40. The van der Waals surface area contributed by atoms with Gasteiger partial charge in [0.05, 0.1) is 6.61 Å². The van der Waals surface area contributed by atoms with Crippen molar-refractivity contribution in [3.05, 3.63) is 0 Å². The van der Waals surface area contributed by atoms with Gasteiger partial charge in [0.2, 0.25) is 11.8 Å². The number of hydrogen-bond donors (Lipinski definition) is 3. The predicted octanol–water partition coefficient (Wildman–Crippen LogP) is 1.20. The maximum absolute atomic E-state index is 11.5. The quantitative estimate of drug-likeness (QED) is 0.537. The largest absolute Gasteiger partial charge is 0.450 e. The number of carbonyl (C=O) groups excluding carboxylic acids is 4. The molecule has 0 aliphatic carbocycles. The maximum atomic E-state index is 11.5. The zero-order valence-electron chi connectivity index (χ0n) is 14.5. The number of nitrogens with one attached hydrogen (secondary N) is 2. The van der Waals surface area contributed by atoms with E-state index in [-0.39, 0.29) is 31.9 Å². The molecule has 138 valence electrons. The summed E-state index contributed by atoms with van der Waals surface area (Å²) in [7, 11) is 0. The van der Waals surface area contributed by atoms with Crippen LogP contribution in [-0.4, -0.2) is 42.8 Å². The van der Waals surface area contributed by atoms with E-state index < -0.39 is 23.7 Å². The van der Waals surface area contributed by atoms with Gasteiger partial charge >= 0.3 is 12.2 Å². The number of alkyl carbamates (subject to hydrolysis) is 1. The minimum Gasteiger partial charge on any atom is -0.450 e.